The predicted octanol–water partition coefficient (Wildman–Crippen LogP) is 3.76. The molecular formula is C21H17N5O2. The highest BCUT2D eigenvalue weighted by molar-refractivity contribution is 5.90. The fourth-order valence-electron chi connectivity index (χ4n) is 2.67. The number of carbonyl (C=O) groups excluding carboxylic acids is 1. The molecule has 1 N–H and O–H groups in total. The van der Waals surface area contributed by atoms with Crippen LogP contribution in [-0.4, -0.2) is 26.0 Å². The standard InChI is InChI=1S/C21H17N5O2/c27-19(8-9-20-25-21(26-28-20)16-10-12-22-13-11-16)24-18-7-6-17(14-23-18)15-4-2-1-3-5-15/h1-7,10-14H,8-9H2,(H,23,24,27). The summed E-state index contributed by atoms with van der Waals surface area (Å²) in [4.78, 5) is 24.7. The van der Waals surface area contributed by atoms with Gasteiger partial charge in [0.1, 0.15) is 5.82 Å². The average molecular weight is 371 g/mol. The van der Waals surface area contributed by atoms with Gasteiger partial charge in [-0.15, -0.1) is 0 Å². The zero-order valence-corrected chi connectivity index (χ0v) is 14.9. The van der Waals surface area contributed by atoms with Gasteiger partial charge in [0, 0.05) is 42.6 Å². The van der Waals surface area contributed by atoms with Crippen molar-refractivity contribution in [3.05, 3.63) is 79.1 Å². The second-order valence-corrected chi connectivity index (χ2v) is 6.09. The molecule has 0 atom stereocenters. The molecule has 4 aromatic rings. The van der Waals surface area contributed by atoms with Crippen molar-refractivity contribution in [3.8, 4) is 22.5 Å². The summed E-state index contributed by atoms with van der Waals surface area (Å²) in [6, 6.07) is 17.3. The Kier molecular flexibility index (Phi) is 5.15. The highest BCUT2D eigenvalue weighted by atomic mass is 16.5. The maximum absolute atomic E-state index is 12.2. The van der Waals surface area contributed by atoms with Crippen LogP contribution < -0.4 is 5.32 Å². The number of hydrogen-bond donors (Lipinski definition) is 1. The first-order valence-electron chi connectivity index (χ1n) is 8.82. The van der Waals surface area contributed by atoms with Gasteiger partial charge in [0.15, 0.2) is 0 Å². The van der Waals surface area contributed by atoms with E-state index in [9.17, 15) is 4.79 Å². The number of hydrogen-bond acceptors (Lipinski definition) is 6. The van der Waals surface area contributed by atoms with Crippen LogP contribution in [0.4, 0.5) is 5.82 Å². The number of pyridine rings is 2. The van der Waals surface area contributed by atoms with Gasteiger partial charge in [-0.1, -0.05) is 35.5 Å². The summed E-state index contributed by atoms with van der Waals surface area (Å²) in [6.45, 7) is 0. The van der Waals surface area contributed by atoms with Crippen molar-refractivity contribution in [2.75, 3.05) is 5.32 Å². The van der Waals surface area contributed by atoms with Crippen LogP contribution in [0.2, 0.25) is 0 Å². The summed E-state index contributed by atoms with van der Waals surface area (Å²) in [6.07, 6.45) is 5.64. The van der Waals surface area contributed by atoms with Crippen molar-refractivity contribution in [1.29, 1.82) is 0 Å². The molecule has 0 saturated carbocycles. The van der Waals surface area contributed by atoms with Gasteiger partial charge in [-0.25, -0.2) is 4.98 Å². The van der Waals surface area contributed by atoms with E-state index in [1.54, 1.807) is 36.8 Å². The minimum atomic E-state index is -0.163. The van der Waals surface area contributed by atoms with Gasteiger partial charge in [0.2, 0.25) is 17.6 Å². The second kappa shape index (κ2) is 8.22. The van der Waals surface area contributed by atoms with Crippen molar-refractivity contribution in [2.45, 2.75) is 12.8 Å². The van der Waals surface area contributed by atoms with Crippen LogP contribution in [0.3, 0.4) is 0 Å². The number of benzene rings is 1. The number of anilines is 1. The summed E-state index contributed by atoms with van der Waals surface area (Å²) in [5.74, 6) is 1.24. The van der Waals surface area contributed by atoms with Gasteiger partial charge in [-0.3, -0.25) is 9.78 Å². The number of nitrogens with zero attached hydrogens (tertiary/aromatic N) is 4. The van der Waals surface area contributed by atoms with E-state index in [2.05, 4.69) is 25.4 Å². The Morgan fingerprint density at radius 1 is 0.929 bits per heavy atom. The van der Waals surface area contributed by atoms with Gasteiger partial charge in [-0.2, -0.15) is 4.98 Å². The molecule has 0 radical (unpaired) electrons. The molecule has 3 aromatic heterocycles. The van der Waals surface area contributed by atoms with Gasteiger partial charge in [0.05, 0.1) is 0 Å². The van der Waals surface area contributed by atoms with E-state index < -0.39 is 0 Å². The lowest BCUT2D eigenvalue weighted by molar-refractivity contribution is -0.116. The molecule has 0 aliphatic carbocycles. The quantitative estimate of drug-likeness (QED) is 0.554. The molecular weight excluding hydrogens is 354 g/mol. The number of nitrogens with one attached hydrogen (secondary N) is 1. The van der Waals surface area contributed by atoms with E-state index in [1.807, 2.05) is 36.4 Å². The normalized spacial score (nSPS) is 10.6. The highest BCUT2D eigenvalue weighted by Crippen LogP contribution is 2.19. The molecule has 0 bridgehead atoms. The molecule has 1 aromatic carbocycles. The van der Waals surface area contributed by atoms with Gasteiger partial charge < -0.3 is 9.84 Å². The zero-order chi connectivity index (χ0) is 19.2. The number of amides is 1. The Bertz CT molecular complexity index is 1050. The molecule has 0 aliphatic rings. The van der Waals surface area contributed by atoms with Gasteiger partial charge in [-0.05, 0) is 29.8 Å². The zero-order valence-electron chi connectivity index (χ0n) is 14.9. The lowest BCUT2D eigenvalue weighted by atomic mass is 10.1. The maximum atomic E-state index is 12.2. The maximum Gasteiger partial charge on any atom is 0.227 e. The van der Waals surface area contributed by atoms with Crippen LogP contribution in [0.25, 0.3) is 22.5 Å². The lowest BCUT2D eigenvalue weighted by Crippen LogP contribution is -2.13. The summed E-state index contributed by atoms with van der Waals surface area (Å²) >= 11 is 0. The first kappa shape index (κ1) is 17.5. The number of carbonyl (C=O) groups is 1. The van der Waals surface area contributed by atoms with E-state index in [0.717, 1.165) is 16.7 Å². The van der Waals surface area contributed by atoms with Crippen molar-refractivity contribution in [3.63, 3.8) is 0 Å². The lowest BCUT2D eigenvalue weighted by Gasteiger charge is -2.05. The third-order valence-electron chi connectivity index (χ3n) is 4.11. The molecule has 138 valence electrons. The second-order valence-electron chi connectivity index (χ2n) is 6.09. The minimum Gasteiger partial charge on any atom is -0.339 e. The fraction of sp³-hybridized carbons (Fsp3) is 0.0952. The molecule has 0 unspecified atom stereocenters. The van der Waals surface area contributed by atoms with Crippen LogP contribution in [0.1, 0.15) is 12.3 Å². The molecule has 3 heterocycles. The molecule has 4 rings (SSSR count). The Labute approximate surface area is 161 Å². The van der Waals surface area contributed by atoms with Crippen LogP contribution in [0.5, 0.6) is 0 Å². The van der Waals surface area contributed by atoms with E-state index in [1.165, 1.54) is 0 Å². The summed E-state index contributed by atoms with van der Waals surface area (Å²) in [5.41, 5.74) is 2.89. The molecule has 0 fully saturated rings. The first-order valence-corrected chi connectivity index (χ1v) is 8.82. The topological polar surface area (TPSA) is 93.8 Å². The van der Waals surface area contributed by atoms with Crippen molar-refractivity contribution in [1.82, 2.24) is 20.1 Å². The minimum absolute atomic E-state index is 0.163. The van der Waals surface area contributed by atoms with Crippen LogP contribution in [0, 0.1) is 0 Å². The van der Waals surface area contributed by atoms with Crippen LogP contribution in [0.15, 0.2) is 77.7 Å². The molecule has 7 nitrogen and oxygen atoms in total. The smallest absolute Gasteiger partial charge is 0.227 e. The van der Waals surface area contributed by atoms with Crippen molar-refractivity contribution < 1.29 is 9.32 Å². The average Bonchev–Trinajstić information content (AvgIpc) is 3.23. The Balaban J connectivity index is 1.32. The summed E-state index contributed by atoms with van der Waals surface area (Å²) in [5, 5.41) is 6.71. The predicted molar refractivity (Wildman–Crippen MR) is 104 cm³/mol. The third-order valence-corrected chi connectivity index (χ3v) is 4.11. The van der Waals surface area contributed by atoms with E-state index >= 15 is 0 Å². The Morgan fingerprint density at radius 3 is 2.50 bits per heavy atom. The fourth-order valence-corrected chi connectivity index (χ4v) is 2.67. The van der Waals surface area contributed by atoms with Crippen molar-refractivity contribution in [2.24, 2.45) is 0 Å². The molecule has 0 saturated heterocycles. The molecule has 1 amide bonds. The SMILES string of the molecule is O=C(CCc1nc(-c2ccncc2)no1)Nc1ccc(-c2ccccc2)cn1. The molecule has 0 aliphatic heterocycles. The Morgan fingerprint density at radius 2 is 1.75 bits per heavy atom. The van der Waals surface area contributed by atoms with Gasteiger partial charge >= 0.3 is 0 Å². The van der Waals surface area contributed by atoms with Gasteiger partial charge in [0.25, 0.3) is 0 Å². The number of rotatable bonds is 6. The van der Waals surface area contributed by atoms with E-state index in [-0.39, 0.29) is 12.3 Å². The number of aromatic nitrogens is 4. The van der Waals surface area contributed by atoms with Crippen LogP contribution >= 0.6 is 0 Å². The van der Waals surface area contributed by atoms with Crippen LogP contribution in [-0.2, 0) is 11.2 Å². The molecule has 28 heavy (non-hydrogen) atoms. The summed E-state index contributed by atoms with van der Waals surface area (Å²) in [7, 11) is 0. The number of aryl methyl sites for hydroxylation is 1. The van der Waals surface area contributed by atoms with Crippen molar-refractivity contribution >= 4 is 11.7 Å². The Hall–Kier alpha value is -3.87. The molecule has 0 spiro atoms. The highest BCUT2D eigenvalue weighted by Gasteiger charge is 2.11. The summed E-state index contributed by atoms with van der Waals surface area (Å²) < 4.78 is 5.21. The third kappa shape index (κ3) is 4.27. The van der Waals surface area contributed by atoms with E-state index in [4.69, 9.17) is 4.52 Å². The molecule has 7 heteroatoms. The largest absolute Gasteiger partial charge is 0.339 e. The first-order chi connectivity index (χ1) is 13.8. The monoisotopic (exact) mass is 371 g/mol. The van der Waals surface area contributed by atoms with E-state index in [0.29, 0.717) is 24.0 Å².